The van der Waals surface area contributed by atoms with Crippen molar-refractivity contribution in [2.45, 2.75) is 37.4 Å². The van der Waals surface area contributed by atoms with Crippen molar-refractivity contribution < 1.29 is 9.59 Å². The van der Waals surface area contributed by atoms with Crippen LogP contribution >= 0.6 is 23.1 Å². The van der Waals surface area contributed by atoms with Crippen LogP contribution in [-0.4, -0.2) is 40.5 Å². The van der Waals surface area contributed by atoms with Gasteiger partial charge in [0.2, 0.25) is 11.8 Å². The number of hydrogen-bond donors (Lipinski definition) is 1. The fraction of sp³-hybridized carbons (Fsp3) is 0.643. The number of carbonyl (C=O) groups is 2. The van der Waals surface area contributed by atoms with Gasteiger partial charge in [0, 0.05) is 18.0 Å². The summed E-state index contributed by atoms with van der Waals surface area (Å²) in [6.45, 7) is 5.79. The summed E-state index contributed by atoms with van der Waals surface area (Å²) in [5.74, 6) is 0.833. The average molecular weight is 327 g/mol. The summed E-state index contributed by atoms with van der Waals surface area (Å²) >= 11 is 2.91. The van der Waals surface area contributed by atoms with Gasteiger partial charge in [-0.05, 0) is 25.7 Å². The number of nitrogens with two attached hydrogens (primary N) is 1. The highest BCUT2D eigenvalue weighted by molar-refractivity contribution is 8.01. The molecule has 21 heavy (non-hydrogen) atoms. The summed E-state index contributed by atoms with van der Waals surface area (Å²) in [6, 6.07) is 0. The van der Waals surface area contributed by atoms with E-state index in [1.807, 2.05) is 11.8 Å². The molecular formula is C14H21N3O2S2. The van der Waals surface area contributed by atoms with Crippen LogP contribution in [-0.2, 0) is 16.0 Å². The number of aryl methyl sites for hydroxylation is 1. The minimum atomic E-state index is -0.350. The maximum absolute atomic E-state index is 12.2. The molecule has 7 heteroatoms. The number of carbonyl (C=O) groups excluding carboxylic acids is 2. The van der Waals surface area contributed by atoms with Gasteiger partial charge < -0.3 is 10.6 Å². The number of primary amides is 1. The summed E-state index contributed by atoms with van der Waals surface area (Å²) in [5, 5.41) is 0. The van der Waals surface area contributed by atoms with Gasteiger partial charge in [0.25, 0.3) is 0 Å². The number of amides is 2. The van der Waals surface area contributed by atoms with E-state index in [-0.39, 0.29) is 18.2 Å². The van der Waals surface area contributed by atoms with E-state index in [0.29, 0.717) is 11.7 Å². The van der Waals surface area contributed by atoms with Crippen molar-refractivity contribution in [3.05, 3.63) is 10.6 Å². The minimum absolute atomic E-state index is 0.177. The van der Waals surface area contributed by atoms with Crippen molar-refractivity contribution in [3.8, 4) is 0 Å². The molecule has 1 aliphatic rings. The van der Waals surface area contributed by atoms with Crippen LogP contribution in [0.25, 0.3) is 0 Å². The summed E-state index contributed by atoms with van der Waals surface area (Å²) < 4.78 is 0.835. The van der Waals surface area contributed by atoms with Gasteiger partial charge in [0.15, 0.2) is 4.34 Å². The molecule has 0 radical (unpaired) electrons. The van der Waals surface area contributed by atoms with Crippen LogP contribution in [0.1, 0.15) is 30.3 Å². The van der Waals surface area contributed by atoms with Crippen molar-refractivity contribution in [2.24, 2.45) is 11.7 Å². The van der Waals surface area contributed by atoms with Gasteiger partial charge in [-0.1, -0.05) is 18.7 Å². The Labute approximate surface area is 133 Å². The predicted molar refractivity (Wildman–Crippen MR) is 85.5 cm³/mol. The third-order valence-electron chi connectivity index (χ3n) is 3.54. The van der Waals surface area contributed by atoms with Crippen LogP contribution in [0.4, 0.5) is 0 Å². The Kier molecular flexibility index (Phi) is 5.64. The first-order valence-electron chi connectivity index (χ1n) is 7.11. The van der Waals surface area contributed by atoms with Crippen LogP contribution in [0.2, 0.25) is 0 Å². The molecule has 2 rings (SSSR count). The molecule has 116 valence electrons. The minimum Gasteiger partial charge on any atom is -0.369 e. The summed E-state index contributed by atoms with van der Waals surface area (Å²) in [5.41, 5.74) is 6.04. The highest BCUT2D eigenvalue weighted by atomic mass is 32.2. The topological polar surface area (TPSA) is 76.3 Å². The lowest BCUT2D eigenvalue weighted by atomic mass is 10.0. The first kappa shape index (κ1) is 16.3. The summed E-state index contributed by atoms with van der Waals surface area (Å²) in [6.07, 6.45) is 2.53. The molecule has 2 amide bonds. The van der Waals surface area contributed by atoms with Gasteiger partial charge in [0.05, 0.1) is 17.9 Å². The first-order valence-corrected chi connectivity index (χ1v) is 8.91. The molecule has 2 heterocycles. The van der Waals surface area contributed by atoms with Crippen LogP contribution in [0.3, 0.4) is 0 Å². The van der Waals surface area contributed by atoms with E-state index in [4.69, 9.17) is 5.73 Å². The van der Waals surface area contributed by atoms with Gasteiger partial charge in [-0.25, -0.2) is 4.98 Å². The molecule has 1 saturated heterocycles. The molecule has 2 N–H and O–H groups in total. The zero-order chi connectivity index (χ0) is 15.4. The predicted octanol–water partition coefficient (Wildman–Crippen LogP) is 1.83. The molecule has 1 atom stereocenters. The number of piperidine rings is 1. The quantitative estimate of drug-likeness (QED) is 0.837. The Hall–Kier alpha value is -1.08. The Morgan fingerprint density at radius 3 is 2.95 bits per heavy atom. The second-order valence-electron chi connectivity index (χ2n) is 5.51. The van der Waals surface area contributed by atoms with Crippen molar-refractivity contribution >= 4 is 34.9 Å². The van der Waals surface area contributed by atoms with Crippen LogP contribution in [0.5, 0.6) is 0 Å². The van der Waals surface area contributed by atoms with Gasteiger partial charge in [0.1, 0.15) is 0 Å². The second-order valence-corrected chi connectivity index (χ2v) is 7.81. The zero-order valence-corrected chi connectivity index (χ0v) is 14.1. The molecule has 1 aliphatic heterocycles. The molecule has 0 bridgehead atoms. The standard InChI is InChI=1S/C14H21N3O2S2/c1-9-4-3-5-17(7-9)13(19)8-20-14-16-10(2)11(21-14)6-12(15)18/h9H,3-8H2,1-2H3,(H2,15,18)/t9-/m0/s1. The number of thiazole rings is 1. The maximum Gasteiger partial charge on any atom is 0.233 e. The Morgan fingerprint density at radius 1 is 1.52 bits per heavy atom. The molecule has 0 saturated carbocycles. The average Bonchev–Trinajstić information content (AvgIpc) is 2.76. The van der Waals surface area contributed by atoms with Crippen molar-refractivity contribution in [1.29, 1.82) is 0 Å². The number of thioether (sulfide) groups is 1. The van der Waals surface area contributed by atoms with E-state index < -0.39 is 0 Å². The lowest BCUT2D eigenvalue weighted by Gasteiger charge is -2.30. The van der Waals surface area contributed by atoms with E-state index in [0.717, 1.165) is 34.4 Å². The number of rotatable bonds is 5. The molecule has 1 fully saturated rings. The molecule has 0 aliphatic carbocycles. The highest BCUT2D eigenvalue weighted by Gasteiger charge is 2.21. The molecule has 5 nitrogen and oxygen atoms in total. The molecule has 1 aromatic rings. The van der Waals surface area contributed by atoms with E-state index >= 15 is 0 Å². The van der Waals surface area contributed by atoms with Crippen LogP contribution in [0.15, 0.2) is 4.34 Å². The van der Waals surface area contributed by atoms with Crippen molar-refractivity contribution in [3.63, 3.8) is 0 Å². The van der Waals surface area contributed by atoms with E-state index in [1.54, 1.807) is 0 Å². The first-order chi connectivity index (χ1) is 9.95. The maximum atomic E-state index is 12.2. The van der Waals surface area contributed by atoms with Gasteiger partial charge >= 0.3 is 0 Å². The molecule has 0 unspecified atom stereocenters. The van der Waals surface area contributed by atoms with E-state index in [9.17, 15) is 9.59 Å². The van der Waals surface area contributed by atoms with E-state index in [2.05, 4.69) is 11.9 Å². The summed E-state index contributed by atoms with van der Waals surface area (Å²) in [7, 11) is 0. The largest absolute Gasteiger partial charge is 0.369 e. The Balaban J connectivity index is 1.87. The smallest absolute Gasteiger partial charge is 0.233 e. The fourth-order valence-corrected chi connectivity index (χ4v) is 4.56. The molecular weight excluding hydrogens is 306 g/mol. The highest BCUT2D eigenvalue weighted by Crippen LogP contribution is 2.28. The van der Waals surface area contributed by atoms with Gasteiger partial charge in [-0.3, -0.25) is 9.59 Å². The Morgan fingerprint density at radius 2 is 2.29 bits per heavy atom. The van der Waals surface area contributed by atoms with Crippen molar-refractivity contribution in [2.75, 3.05) is 18.8 Å². The van der Waals surface area contributed by atoms with Gasteiger partial charge in [-0.15, -0.1) is 11.3 Å². The lowest BCUT2D eigenvalue weighted by molar-refractivity contribution is -0.130. The molecule has 1 aromatic heterocycles. The Bertz CT molecular complexity index is 530. The fourth-order valence-electron chi connectivity index (χ4n) is 2.42. The monoisotopic (exact) mass is 327 g/mol. The number of hydrogen-bond acceptors (Lipinski definition) is 5. The zero-order valence-electron chi connectivity index (χ0n) is 12.4. The normalized spacial score (nSPS) is 18.8. The third-order valence-corrected chi connectivity index (χ3v) is 5.82. The number of nitrogens with zero attached hydrogens (tertiary/aromatic N) is 2. The molecule has 0 spiro atoms. The number of aromatic nitrogens is 1. The van der Waals surface area contributed by atoms with Crippen LogP contribution in [0, 0.1) is 12.8 Å². The van der Waals surface area contributed by atoms with E-state index in [1.165, 1.54) is 29.5 Å². The second kappa shape index (κ2) is 7.26. The molecule has 0 aromatic carbocycles. The van der Waals surface area contributed by atoms with Crippen molar-refractivity contribution in [1.82, 2.24) is 9.88 Å². The van der Waals surface area contributed by atoms with Crippen LogP contribution < -0.4 is 5.73 Å². The third kappa shape index (κ3) is 4.71. The van der Waals surface area contributed by atoms with Gasteiger partial charge in [-0.2, -0.15) is 0 Å². The summed E-state index contributed by atoms with van der Waals surface area (Å²) in [4.78, 5) is 30.4. The number of likely N-dealkylation sites (tertiary alicyclic amines) is 1. The lowest BCUT2D eigenvalue weighted by Crippen LogP contribution is -2.40. The SMILES string of the molecule is Cc1nc(SCC(=O)N2CCC[C@H](C)C2)sc1CC(N)=O.